The fourth-order valence-electron chi connectivity index (χ4n) is 8.08. The van der Waals surface area contributed by atoms with Crippen LogP contribution in [0.1, 0.15) is 38.2 Å². The Balaban J connectivity index is 1.37. The SMILES string of the molecule is CCc1c(F)ccc2cc(O)cc(-c3ncc4c(N5CCC(COC)(C(=O)OC)C5)nc(OC[C@@]56CCCN5C[C@H](F)C6)nc4c3F)c12. The lowest BCUT2D eigenvalue weighted by atomic mass is 9.88. The van der Waals surface area contributed by atoms with E-state index in [1.807, 2.05) is 4.90 Å². The number of aromatic nitrogens is 3. The maximum absolute atomic E-state index is 16.9. The van der Waals surface area contributed by atoms with Gasteiger partial charge in [0, 0.05) is 44.9 Å². The molecule has 1 unspecified atom stereocenters. The number of fused-ring (bicyclic) bond motifs is 3. The first-order valence-corrected chi connectivity index (χ1v) is 16.3. The highest BCUT2D eigenvalue weighted by atomic mass is 19.1. The van der Waals surface area contributed by atoms with Gasteiger partial charge in [-0.1, -0.05) is 13.0 Å². The topological polar surface area (TPSA) is 110 Å². The lowest BCUT2D eigenvalue weighted by Crippen LogP contribution is -2.43. The molecule has 254 valence electrons. The summed E-state index contributed by atoms with van der Waals surface area (Å²) in [6, 6.07) is 5.64. The molecular weight excluding hydrogens is 627 g/mol. The summed E-state index contributed by atoms with van der Waals surface area (Å²) >= 11 is 0. The molecule has 2 aromatic carbocycles. The molecule has 3 fully saturated rings. The Morgan fingerprint density at radius 3 is 2.73 bits per heavy atom. The Labute approximate surface area is 275 Å². The van der Waals surface area contributed by atoms with E-state index in [4.69, 9.17) is 19.2 Å². The minimum absolute atomic E-state index is 0.0937. The summed E-state index contributed by atoms with van der Waals surface area (Å²) in [4.78, 5) is 30.6. The second-order valence-corrected chi connectivity index (χ2v) is 13.2. The van der Waals surface area contributed by atoms with Gasteiger partial charge < -0.3 is 24.2 Å². The van der Waals surface area contributed by atoms with Crippen LogP contribution in [0.2, 0.25) is 0 Å². The Morgan fingerprint density at radius 2 is 1.96 bits per heavy atom. The molecule has 3 saturated heterocycles. The Hall–Kier alpha value is -4.23. The summed E-state index contributed by atoms with van der Waals surface area (Å²) in [5, 5.41) is 11.8. The third-order valence-corrected chi connectivity index (χ3v) is 10.3. The zero-order chi connectivity index (χ0) is 33.8. The van der Waals surface area contributed by atoms with Crippen molar-refractivity contribution in [2.75, 3.05) is 58.5 Å². The van der Waals surface area contributed by atoms with E-state index in [-0.39, 0.29) is 53.7 Å². The highest BCUT2D eigenvalue weighted by Crippen LogP contribution is 2.43. The molecule has 13 heteroatoms. The highest BCUT2D eigenvalue weighted by molar-refractivity contribution is 6.02. The quantitative estimate of drug-likeness (QED) is 0.235. The van der Waals surface area contributed by atoms with Gasteiger partial charge in [-0.3, -0.25) is 14.7 Å². The molecule has 3 atom stereocenters. The van der Waals surface area contributed by atoms with E-state index >= 15 is 4.39 Å². The number of aromatic hydroxyl groups is 1. The van der Waals surface area contributed by atoms with Gasteiger partial charge in [-0.25, -0.2) is 13.2 Å². The van der Waals surface area contributed by atoms with Crippen molar-refractivity contribution in [1.82, 2.24) is 19.9 Å². The maximum atomic E-state index is 16.9. The van der Waals surface area contributed by atoms with Gasteiger partial charge in [-0.15, -0.1) is 0 Å². The van der Waals surface area contributed by atoms with Gasteiger partial charge in [0.25, 0.3) is 0 Å². The number of alkyl halides is 1. The van der Waals surface area contributed by atoms with Crippen LogP contribution >= 0.6 is 0 Å². The number of methoxy groups -OCH3 is 2. The molecule has 5 heterocycles. The Morgan fingerprint density at radius 1 is 1.12 bits per heavy atom. The van der Waals surface area contributed by atoms with E-state index in [1.54, 1.807) is 6.92 Å². The van der Waals surface area contributed by atoms with Gasteiger partial charge in [-0.2, -0.15) is 9.97 Å². The van der Waals surface area contributed by atoms with Crippen molar-refractivity contribution in [3.63, 3.8) is 0 Å². The fourth-order valence-corrected chi connectivity index (χ4v) is 8.08. The van der Waals surface area contributed by atoms with Crippen LogP contribution in [-0.2, 0) is 20.7 Å². The van der Waals surface area contributed by atoms with E-state index in [1.165, 1.54) is 44.7 Å². The number of phenols is 1. The zero-order valence-corrected chi connectivity index (χ0v) is 27.2. The molecule has 10 nitrogen and oxygen atoms in total. The lowest BCUT2D eigenvalue weighted by molar-refractivity contribution is -0.154. The number of phenolic OH excluding ortho intramolecular Hbond substituents is 1. The van der Waals surface area contributed by atoms with Gasteiger partial charge in [0.2, 0.25) is 0 Å². The average Bonchev–Trinajstić information content (AvgIpc) is 3.76. The first kappa shape index (κ1) is 32.3. The normalized spacial score (nSPS) is 24.1. The first-order chi connectivity index (χ1) is 23.1. The number of rotatable bonds is 9. The molecule has 0 aliphatic carbocycles. The van der Waals surface area contributed by atoms with Crippen LogP contribution in [-0.4, -0.2) is 96.3 Å². The minimum atomic E-state index is -0.974. The number of nitrogens with zero attached hydrogens (tertiary/aromatic N) is 5. The molecule has 3 aliphatic rings. The highest BCUT2D eigenvalue weighted by Gasteiger charge is 2.50. The third kappa shape index (κ3) is 5.27. The van der Waals surface area contributed by atoms with Crippen molar-refractivity contribution in [2.45, 2.75) is 50.7 Å². The third-order valence-electron chi connectivity index (χ3n) is 10.3. The van der Waals surface area contributed by atoms with E-state index in [0.717, 1.165) is 19.4 Å². The standard InChI is InChI=1S/C35H38F3N5O5/c1-4-23-26(37)7-6-20-12-22(44)13-24(27(20)23)29-28(38)30-25(15-39-29)31(42-11-9-34(17-42,18-46-2)32(45)47-3)41-33(40-30)48-19-35-8-5-10-43(35)16-21(36)14-35/h6-7,12-13,15,21,44H,4-5,8-11,14,16-19H2,1-3H3/t21-,34?,35+/m1/s1. The maximum Gasteiger partial charge on any atom is 0.319 e. The van der Waals surface area contributed by atoms with Crippen molar-refractivity contribution in [3.05, 3.63) is 47.7 Å². The van der Waals surface area contributed by atoms with Crippen molar-refractivity contribution in [2.24, 2.45) is 5.41 Å². The molecule has 0 radical (unpaired) electrons. The number of carbonyl (C=O) groups excluding carboxylic acids is 1. The van der Waals surface area contributed by atoms with Crippen molar-refractivity contribution >= 4 is 33.5 Å². The summed E-state index contributed by atoms with van der Waals surface area (Å²) in [6.07, 6.45) is 3.25. The molecule has 48 heavy (non-hydrogen) atoms. The molecular formula is C35H38F3N5O5. The summed E-state index contributed by atoms with van der Waals surface area (Å²) < 4.78 is 63.2. The molecule has 2 aromatic heterocycles. The molecule has 1 N–H and O–H groups in total. The molecule has 4 aromatic rings. The summed E-state index contributed by atoms with van der Waals surface area (Å²) in [6.45, 7) is 3.73. The van der Waals surface area contributed by atoms with Crippen LogP contribution in [0.15, 0.2) is 30.5 Å². The van der Waals surface area contributed by atoms with E-state index in [2.05, 4.69) is 14.9 Å². The number of anilines is 1. The molecule has 7 rings (SSSR count). The largest absolute Gasteiger partial charge is 0.508 e. The summed E-state index contributed by atoms with van der Waals surface area (Å²) in [7, 11) is 2.84. The predicted octanol–water partition coefficient (Wildman–Crippen LogP) is 5.36. The predicted molar refractivity (Wildman–Crippen MR) is 173 cm³/mol. The second kappa shape index (κ2) is 12.3. The molecule has 0 bridgehead atoms. The molecule has 0 saturated carbocycles. The number of carbonyl (C=O) groups is 1. The summed E-state index contributed by atoms with van der Waals surface area (Å²) in [5.41, 5.74) is -1.10. The first-order valence-electron chi connectivity index (χ1n) is 16.3. The van der Waals surface area contributed by atoms with Gasteiger partial charge >= 0.3 is 12.0 Å². The fraction of sp³-hybridized carbons (Fsp3) is 0.486. The number of hydrogen-bond donors (Lipinski definition) is 1. The number of benzene rings is 2. The number of ether oxygens (including phenoxy) is 3. The van der Waals surface area contributed by atoms with Crippen LogP contribution < -0.4 is 9.64 Å². The number of esters is 1. The second-order valence-electron chi connectivity index (χ2n) is 13.2. The van der Waals surface area contributed by atoms with Crippen molar-refractivity contribution < 1.29 is 37.3 Å². The van der Waals surface area contributed by atoms with Gasteiger partial charge in [-0.05, 0) is 66.8 Å². The lowest BCUT2D eigenvalue weighted by Gasteiger charge is -2.31. The number of halogens is 3. The van der Waals surface area contributed by atoms with Gasteiger partial charge in [0.1, 0.15) is 46.8 Å². The monoisotopic (exact) mass is 665 g/mol. The minimum Gasteiger partial charge on any atom is -0.508 e. The van der Waals surface area contributed by atoms with Crippen LogP contribution in [0.3, 0.4) is 0 Å². The Bertz CT molecular complexity index is 1910. The van der Waals surface area contributed by atoms with Crippen molar-refractivity contribution in [3.8, 4) is 23.0 Å². The molecule has 0 amide bonds. The van der Waals surface area contributed by atoms with Crippen LogP contribution in [0, 0.1) is 17.0 Å². The smallest absolute Gasteiger partial charge is 0.319 e. The Kier molecular flexibility index (Phi) is 8.31. The van der Waals surface area contributed by atoms with Gasteiger partial charge in [0.05, 0.1) is 24.6 Å². The van der Waals surface area contributed by atoms with E-state index in [0.29, 0.717) is 54.5 Å². The van der Waals surface area contributed by atoms with Crippen LogP contribution in [0.4, 0.5) is 19.0 Å². The van der Waals surface area contributed by atoms with E-state index in [9.17, 15) is 18.7 Å². The molecule has 0 spiro atoms. The van der Waals surface area contributed by atoms with Crippen molar-refractivity contribution in [1.29, 1.82) is 0 Å². The zero-order valence-electron chi connectivity index (χ0n) is 27.2. The van der Waals surface area contributed by atoms with Crippen LogP contribution in [0.25, 0.3) is 32.9 Å². The number of aryl methyl sites for hydroxylation is 1. The molecule has 3 aliphatic heterocycles. The van der Waals surface area contributed by atoms with Gasteiger partial charge in [0.15, 0.2) is 5.82 Å². The average molecular weight is 666 g/mol. The van der Waals surface area contributed by atoms with Crippen LogP contribution in [0.5, 0.6) is 11.8 Å². The summed E-state index contributed by atoms with van der Waals surface area (Å²) in [5.74, 6) is -1.49. The number of pyridine rings is 1. The number of hydrogen-bond acceptors (Lipinski definition) is 10. The van der Waals surface area contributed by atoms with E-state index < -0.39 is 34.7 Å².